The molecule has 0 saturated heterocycles. The summed E-state index contributed by atoms with van der Waals surface area (Å²) >= 11 is 0. The van der Waals surface area contributed by atoms with E-state index in [1.54, 1.807) is 0 Å². The molecule has 0 fully saturated rings. The van der Waals surface area contributed by atoms with Gasteiger partial charge in [0, 0.05) is 31.7 Å². The highest BCUT2D eigenvalue weighted by Gasteiger charge is 2.05. The summed E-state index contributed by atoms with van der Waals surface area (Å²) < 4.78 is 0. The van der Waals surface area contributed by atoms with E-state index < -0.39 is 17.9 Å². The van der Waals surface area contributed by atoms with E-state index in [4.69, 9.17) is 5.11 Å². The number of carbonyl (C=O) groups excluding carboxylic acids is 3. The first-order chi connectivity index (χ1) is 8.95. The lowest BCUT2D eigenvalue weighted by atomic mass is 10.4. The lowest BCUT2D eigenvalue weighted by Gasteiger charge is -2.05. The van der Waals surface area contributed by atoms with Gasteiger partial charge in [0.15, 0.2) is 0 Å². The number of rotatable bonds is 7. The van der Waals surface area contributed by atoms with Crippen molar-refractivity contribution >= 4 is 23.8 Å². The summed E-state index contributed by atoms with van der Waals surface area (Å²) in [5, 5.41) is 15.1. The van der Waals surface area contributed by atoms with E-state index in [0.29, 0.717) is 12.6 Å². The Morgan fingerprint density at radius 3 is 2.32 bits per heavy atom. The third-order valence-corrected chi connectivity index (χ3v) is 1.82. The number of carbonyl (C=O) groups is 4. The Morgan fingerprint density at radius 1 is 1.05 bits per heavy atom. The second kappa shape index (κ2) is 9.63. The summed E-state index contributed by atoms with van der Waals surface area (Å²) in [4.78, 5) is 43.4. The highest BCUT2D eigenvalue weighted by atomic mass is 16.4. The summed E-state index contributed by atoms with van der Waals surface area (Å²) in [5.41, 5.74) is 0. The number of carboxylic acids is 1. The fraction of sp³-hybridized carbons (Fsp3) is 0.455. The van der Waals surface area contributed by atoms with Gasteiger partial charge in [-0.1, -0.05) is 6.92 Å². The van der Waals surface area contributed by atoms with Crippen LogP contribution in [0.25, 0.3) is 0 Å². The van der Waals surface area contributed by atoms with E-state index in [1.807, 2.05) is 12.2 Å². The molecule has 0 rings (SSSR count). The molecule has 0 aromatic heterocycles. The first kappa shape index (κ1) is 16.6. The molecule has 19 heavy (non-hydrogen) atoms. The molecule has 0 aliphatic heterocycles. The molecule has 0 radical (unpaired) electrons. The molecule has 0 aromatic carbocycles. The van der Waals surface area contributed by atoms with Gasteiger partial charge in [0.25, 0.3) is 5.91 Å². The lowest BCUT2D eigenvalue weighted by molar-refractivity contribution is -0.131. The van der Waals surface area contributed by atoms with Crippen molar-refractivity contribution in [1.29, 1.82) is 0 Å². The van der Waals surface area contributed by atoms with Crippen molar-refractivity contribution in [1.82, 2.24) is 16.0 Å². The zero-order valence-corrected chi connectivity index (χ0v) is 10.6. The van der Waals surface area contributed by atoms with Crippen molar-refractivity contribution in [2.75, 3.05) is 13.1 Å². The van der Waals surface area contributed by atoms with E-state index >= 15 is 0 Å². The fourth-order valence-corrected chi connectivity index (χ4v) is 0.987. The SMILES string of the molecule is CCCNC(=O)CCNC(=O)NC(=O)C=CC(=O)O. The molecule has 0 unspecified atom stereocenters. The van der Waals surface area contributed by atoms with Gasteiger partial charge in [-0.3, -0.25) is 14.9 Å². The van der Waals surface area contributed by atoms with Crippen LogP contribution in [0.4, 0.5) is 4.79 Å². The Labute approximate surface area is 110 Å². The summed E-state index contributed by atoms with van der Waals surface area (Å²) in [6, 6.07) is -0.789. The third-order valence-electron chi connectivity index (χ3n) is 1.82. The van der Waals surface area contributed by atoms with Crippen LogP contribution in [0.5, 0.6) is 0 Å². The van der Waals surface area contributed by atoms with Gasteiger partial charge in [-0.05, 0) is 6.42 Å². The van der Waals surface area contributed by atoms with E-state index in [9.17, 15) is 19.2 Å². The molecule has 0 heterocycles. The maximum Gasteiger partial charge on any atom is 0.328 e. The Balaban J connectivity index is 3.78. The van der Waals surface area contributed by atoms with Gasteiger partial charge in [-0.2, -0.15) is 0 Å². The Hall–Kier alpha value is -2.38. The highest BCUT2D eigenvalue weighted by molar-refractivity contribution is 6.02. The second-order valence-corrected chi connectivity index (χ2v) is 3.52. The van der Waals surface area contributed by atoms with Crippen LogP contribution in [0, 0.1) is 0 Å². The van der Waals surface area contributed by atoms with Crippen molar-refractivity contribution < 1.29 is 24.3 Å². The van der Waals surface area contributed by atoms with Crippen LogP contribution in [-0.4, -0.2) is 42.0 Å². The summed E-state index contributed by atoms with van der Waals surface area (Å²) in [6.45, 7) is 2.57. The number of carboxylic acid groups (broad SMARTS) is 1. The van der Waals surface area contributed by atoms with Crippen LogP contribution in [0.2, 0.25) is 0 Å². The molecular formula is C11H17N3O5. The largest absolute Gasteiger partial charge is 0.478 e. The number of nitrogens with one attached hydrogen (secondary N) is 3. The maximum absolute atomic E-state index is 11.2. The topological polar surface area (TPSA) is 125 Å². The Bertz CT molecular complexity index is 379. The average molecular weight is 271 g/mol. The number of hydrogen-bond acceptors (Lipinski definition) is 4. The van der Waals surface area contributed by atoms with Crippen LogP contribution >= 0.6 is 0 Å². The van der Waals surface area contributed by atoms with Gasteiger partial charge in [0.2, 0.25) is 5.91 Å². The van der Waals surface area contributed by atoms with Crippen molar-refractivity contribution in [3.05, 3.63) is 12.2 Å². The Kier molecular flexibility index (Phi) is 8.42. The van der Waals surface area contributed by atoms with Crippen molar-refractivity contribution in [3.8, 4) is 0 Å². The van der Waals surface area contributed by atoms with Gasteiger partial charge in [0.05, 0.1) is 0 Å². The minimum absolute atomic E-state index is 0.0807. The second-order valence-electron chi connectivity index (χ2n) is 3.52. The van der Waals surface area contributed by atoms with Crippen LogP contribution < -0.4 is 16.0 Å². The summed E-state index contributed by atoms with van der Waals surface area (Å²) in [6.07, 6.45) is 2.26. The predicted molar refractivity (Wildman–Crippen MR) is 66.2 cm³/mol. The molecular weight excluding hydrogens is 254 g/mol. The van der Waals surface area contributed by atoms with Crippen molar-refractivity contribution in [3.63, 3.8) is 0 Å². The molecule has 0 spiro atoms. The molecule has 0 saturated carbocycles. The average Bonchev–Trinajstić information content (AvgIpc) is 2.33. The maximum atomic E-state index is 11.2. The molecule has 0 atom stereocenters. The molecule has 0 aliphatic rings. The number of imide groups is 1. The van der Waals surface area contributed by atoms with Gasteiger partial charge in [-0.15, -0.1) is 0 Å². The molecule has 4 N–H and O–H groups in total. The molecule has 8 heteroatoms. The van der Waals surface area contributed by atoms with E-state index in [2.05, 4.69) is 10.6 Å². The minimum atomic E-state index is -1.29. The van der Waals surface area contributed by atoms with E-state index in [1.165, 1.54) is 0 Å². The van der Waals surface area contributed by atoms with Gasteiger partial charge >= 0.3 is 12.0 Å². The van der Waals surface area contributed by atoms with Crippen molar-refractivity contribution in [2.24, 2.45) is 0 Å². The fourth-order valence-electron chi connectivity index (χ4n) is 0.987. The van der Waals surface area contributed by atoms with E-state index in [-0.39, 0.29) is 18.9 Å². The van der Waals surface area contributed by atoms with E-state index in [0.717, 1.165) is 12.5 Å². The summed E-state index contributed by atoms with van der Waals surface area (Å²) in [7, 11) is 0. The van der Waals surface area contributed by atoms with Gasteiger partial charge in [0.1, 0.15) is 0 Å². The van der Waals surface area contributed by atoms with Gasteiger partial charge < -0.3 is 15.7 Å². The number of hydrogen-bond donors (Lipinski definition) is 4. The monoisotopic (exact) mass is 271 g/mol. The zero-order chi connectivity index (χ0) is 14.7. The van der Waals surface area contributed by atoms with Crippen LogP contribution in [-0.2, 0) is 14.4 Å². The first-order valence-electron chi connectivity index (χ1n) is 5.72. The minimum Gasteiger partial charge on any atom is -0.478 e. The van der Waals surface area contributed by atoms with Gasteiger partial charge in [-0.25, -0.2) is 9.59 Å². The highest BCUT2D eigenvalue weighted by Crippen LogP contribution is 1.80. The summed E-state index contributed by atoms with van der Waals surface area (Å²) in [5.74, 6) is -2.34. The van der Waals surface area contributed by atoms with Crippen LogP contribution in [0.3, 0.4) is 0 Å². The molecule has 8 nitrogen and oxygen atoms in total. The quantitative estimate of drug-likeness (QED) is 0.459. The number of amides is 4. The predicted octanol–water partition coefficient (Wildman–Crippen LogP) is -0.631. The third kappa shape index (κ3) is 10.5. The molecule has 0 aromatic rings. The lowest BCUT2D eigenvalue weighted by Crippen LogP contribution is -2.40. The standard InChI is InChI=1S/C11H17N3O5/c1-2-6-12-8(15)5-7-13-11(19)14-9(16)3-4-10(17)18/h3-4H,2,5-7H2,1H3,(H,12,15)(H,17,18)(H2,13,14,16,19). The van der Waals surface area contributed by atoms with Crippen LogP contribution in [0.1, 0.15) is 19.8 Å². The number of urea groups is 1. The smallest absolute Gasteiger partial charge is 0.328 e. The molecule has 106 valence electrons. The zero-order valence-electron chi connectivity index (χ0n) is 10.6. The molecule has 0 bridgehead atoms. The number of aliphatic carboxylic acids is 1. The van der Waals surface area contributed by atoms with Crippen LogP contribution in [0.15, 0.2) is 12.2 Å². The molecule has 4 amide bonds. The first-order valence-corrected chi connectivity index (χ1v) is 5.72. The normalized spacial score (nSPS) is 9.95. The van der Waals surface area contributed by atoms with Crippen molar-refractivity contribution in [2.45, 2.75) is 19.8 Å². The molecule has 0 aliphatic carbocycles. The Morgan fingerprint density at radius 2 is 1.74 bits per heavy atom.